The molecule has 0 aliphatic heterocycles. The highest BCUT2D eigenvalue weighted by molar-refractivity contribution is 9.10. The highest BCUT2D eigenvalue weighted by atomic mass is 79.9. The Balaban J connectivity index is 2.17. The van der Waals surface area contributed by atoms with E-state index < -0.39 is 0 Å². The van der Waals surface area contributed by atoms with Gasteiger partial charge in [-0.3, -0.25) is 0 Å². The zero-order valence-electron chi connectivity index (χ0n) is 10.7. The molecule has 100 valence electrons. The number of rotatable bonds is 6. The van der Waals surface area contributed by atoms with Gasteiger partial charge in [-0.25, -0.2) is 0 Å². The molecule has 4 nitrogen and oxygen atoms in total. The average molecular weight is 316 g/mol. The maximum absolute atomic E-state index is 5.93. The van der Waals surface area contributed by atoms with E-state index in [0.29, 0.717) is 12.6 Å². The molecule has 0 heterocycles. The van der Waals surface area contributed by atoms with Crippen molar-refractivity contribution in [1.82, 2.24) is 5.48 Å². The maximum Gasteiger partial charge on any atom is 0.161 e. The van der Waals surface area contributed by atoms with Crippen LogP contribution in [0.4, 0.5) is 0 Å². The zero-order valence-corrected chi connectivity index (χ0v) is 12.2. The van der Waals surface area contributed by atoms with Crippen molar-refractivity contribution in [1.29, 1.82) is 0 Å². The van der Waals surface area contributed by atoms with Gasteiger partial charge in [0.05, 0.1) is 20.3 Å². The summed E-state index contributed by atoms with van der Waals surface area (Å²) in [5.41, 5.74) is 3.90. The first-order chi connectivity index (χ1) is 8.74. The second-order valence-electron chi connectivity index (χ2n) is 4.29. The molecule has 1 aliphatic rings. The summed E-state index contributed by atoms with van der Waals surface area (Å²) in [6.07, 6.45) is 3.85. The van der Waals surface area contributed by atoms with Crippen molar-refractivity contribution in [2.75, 3.05) is 14.2 Å². The lowest BCUT2D eigenvalue weighted by atomic mass is 9.96. The van der Waals surface area contributed by atoms with Crippen LogP contribution in [-0.4, -0.2) is 20.3 Å². The minimum absolute atomic E-state index is 0.336. The Labute approximate surface area is 116 Å². The molecule has 0 radical (unpaired) electrons. The van der Waals surface area contributed by atoms with Crippen LogP contribution in [0.1, 0.15) is 24.8 Å². The molecule has 0 amide bonds. The largest absolute Gasteiger partial charge is 0.493 e. The fourth-order valence-corrected chi connectivity index (χ4v) is 2.25. The standard InChI is InChI=1S/C13H18BrNO3/c1-16-12-7-11(14)9(8-15-17-2)6-13(12)18-10-4-3-5-10/h6-7,10,15H,3-5,8H2,1-2H3. The van der Waals surface area contributed by atoms with Gasteiger partial charge in [-0.1, -0.05) is 15.9 Å². The molecule has 0 bridgehead atoms. The normalized spacial score (nSPS) is 15.3. The van der Waals surface area contributed by atoms with Gasteiger partial charge in [0.2, 0.25) is 0 Å². The van der Waals surface area contributed by atoms with Gasteiger partial charge in [-0.2, -0.15) is 5.48 Å². The SMILES string of the molecule is CONCc1cc(OC2CCC2)c(OC)cc1Br. The van der Waals surface area contributed by atoms with Gasteiger partial charge < -0.3 is 14.3 Å². The number of hydroxylamine groups is 1. The van der Waals surface area contributed by atoms with Gasteiger partial charge in [0, 0.05) is 11.0 Å². The lowest BCUT2D eigenvalue weighted by Gasteiger charge is -2.27. The van der Waals surface area contributed by atoms with Gasteiger partial charge in [-0.05, 0) is 37.0 Å². The Morgan fingerprint density at radius 2 is 2.06 bits per heavy atom. The Bertz CT molecular complexity index is 407. The van der Waals surface area contributed by atoms with E-state index >= 15 is 0 Å². The Kier molecular flexibility index (Phi) is 4.86. The van der Waals surface area contributed by atoms with Crippen LogP contribution in [0.5, 0.6) is 11.5 Å². The number of nitrogens with one attached hydrogen (secondary N) is 1. The molecular weight excluding hydrogens is 298 g/mol. The highest BCUT2D eigenvalue weighted by Crippen LogP contribution is 2.36. The molecule has 1 aromatic carbocycles. The number of hydrogen-bond donors (Lipinski definition) is 1. The van der Waals surface area contributed by atoms with Crippen LogP contribution in [0.15, 0.2) is 16.6 Å². The van der Waals surface area contributed by atoms with Crippen LogP contribution in [-0.2, 0) is 11.4 Å². The number of methoxy groups -OCH3 is 1. The lowest BCUT2D eigenvalue weighted by molar-refractivity contribution is 0.0861. The monoisotopic (exact) mass is 315 g/mol. The molecule has 5 heteroatoms. The van der Waals surface area contributed by atoms with Gasteiger partial charge in [0.25, 0.3) is 0 Å². The summed E-state index contributed by atoms with van der Waals surface area (Å²) in [7, 11) is 3.26. The van der Waals surface area contributed by atoms with Gasteiger partial charge >= 0.3 is 0 Å². The third-order valence-electron chi connectivity index (χ3n) is 3.09. The Morgan fingerprint density at radius 3 is 2.61 bits per heavy atom. The molecule has 0 aromatic heterocycles. The molecule has 0 spiro atoms. The smallest absolute Gasteiger partial charge is 0.161 e. The molecular formula is C13H18BrNO3. The molecule has 1 N–H and O–H groups in total. The van der Waals surface area contributed by atoms with E-state index in [9.17, 15) is 0 Å². The first-order valence-electron chi connectivity index (χ1n) is 6.03. The highest BCUT2D eigenvalue weighted by Gasteiger charge is 2.21. The summed E-state index contributed by atoms with van der Waals surface area (Å²) < 4.78 is 12.3. The van der Waals surface area contributed by atoms with Crippen LogP contribution in [0.2, 0.25) is 0 Å². The molecule has 0 saturated heterocycles. The third kappa shape index (κ3) is 3.16. The zero-order chi connectivity index (χ0) is 13.0. The first-order valence-corrected chi connectivity index (χ1v) is 6.82. The average Bonchev–Trinajstić information content (AvgIpc) is 2.33. The predicted molar refractivity (Wildman–Crippen MR) is 72.8 cm³/mol. The number of halogens is 1. The maximum atomic E-state index is 5.93. The van der Waals surface area contributed by atoms with Crippen LogP contribution in [0, 0.1) is 0 Å². The number of ether oxygens (including phenoxy) is 2. The number of hydrogen-bond acceptors (Lipinski definition) is 4. The van der Waals surface area contributed by atoms with E-state index in [0.717, 1.165) is 34.4 Å². The number of benzene rings is 1. The molecule has 18 heavy (non-hydrogen) atoms. The van der Waals surface area contributed by atoms with Crippen LogP contribution in [0.25, 0.3) is 0 Å². The van der Waals surface area contributed by atoms with E-state index in [1.807, 2.05) is 12.1 Å². The van der Waals surface area contributed by atoms with E-state index in [1.165, 1.54) is 6.42 Å². The van der Waals surface area contributed by atoms with Crippen molar-refractivity contribution in [3.8, 4) is 11.5 Å². The summed E-state index contributed by atoms with van der Waals surface area (Å²) in [4.78, 5) is 4.87. The van der Waals surface area contributed by atoms with E-state index in [-0.39, 0.29) is 0 Å². The summed E-state index contributed by atoms with van der Waals surface area (Å²) in [6.45, 7) is 0.613. The fraction of sp³-hybridized carbons (Fsp3) is 0.538. The van der Waals surface area contributed by atoms with Crippen molar-refractivity contribution < 1.29 is 14.3 Å². The van der Waals surface area contributed by atoms with Crippen LogP contribution < -0.4 is 15.0 Å². The molecule has 0 atom stereocenters. The van der Waals surface area contributed by atoms with Crippen molar-refractivity contribution in [3.63, 3.8) is 0 Å². The molecule has 2 rings (SSSR count). The molecule has 1 fully saturated rings. The fourth-order valence-electron chi connectivity index (χ4n) is 1.78. The van der Waals surface area contributed by atoms with Gasteiger partial charge in [0.1, 0.15) is 0 Å². The first kappa shape index (κ1) is 13.6. The minimum atomic E-state index is 0.336. The summed E-state index contributed by atoms with van der Waals surface area (Å²) in [5, 5.41) is 0. The van der Waals surface area contributed by atoms with Crippen molar-refractivity contribution in [2.45, 2.75) is 31.9 Å². The van der Waals surface area contributed by atoms with Crippen LogP contribution >= 0.6 is 15.9 Å². The van der Waals surface area contributed by atoms with Crippen molar-refractivity contribution >= 4 is 15.9 Å². The molecule has 1 aromatic rings. The van der Waals surface area contributed by atoms with Crippen molar-refractivity contribution in [2.24, 2.45) is 0 Å². The minimum Gasteiger partial charge on any atom is -0.493 e. The topological polar surface area (TPSA) is 39.7 Å². The second-order valence-corrected chi connectivity index (χ2v) is 5.14. The lowest BCUT2D eigenvalue weighted by Crippen LogP contribution is -2.25. The molecule has 1 saturated carbocycles. The Hall–Kier alpha value is -0.780. The second kappa shape index (κ2) is 6.41. The predicted octanol–water partition coefficient (Wildman–Crippen LogP) is 3.04. The summed E-state index contributed by atoms with van der Waals surface area (Å²) in [5.74, 6) is 1.56. The van der Waals surface area contributed by atoms with E-state index in [4.69, 9.17) is 14.3 Å². The van der Waals surface area contributed by atoms with Crippen LogP contribution in [0.3, 0.4) is 0 Å². The van der Waals surface area contributed by atoms with Gasteiger partial charge in [0.15, 0.2) is 11.5 Å². The third-order valence-corrected chi connectivity index (χ3v) is 3.82. The van der Waals surface area contributed by atoms with Gasteiger partial charge in [-0.15, -0.1) is 0 Å². The summed E-state index contributed by atoms with van der Waals surface area (Å²) in [6, 6.07) is 3.92. The summed E-state index contributed by atoms with van der Waals surface area (Å²) >= 11 is 3.52. The molecule has 0 unspecified atom stereocenters. The van der Waals surface area contributed by atoms with Crippen molar-refractivity contribution in [3.05, 3.63) is 22.2 Å². The van der Waals surface area contributed by atoms with E-state index in [1.54, 1.807) is 14.2 Å². The molecule has 1 aliphatic carbocycles. The van der Waals surface area contributed by atoms with E-state index in [2.05, 4.69) is 21.4 Å². The Morgan fingerprint density at radius 1 is 1.28 bits per heavy atom. The quantitative estimate of drug-likeness (QED) is 0.819.